The van der Waals surface area contributed by atoms with Crippen LogP contribution in [0.2, 0.25) is 10.0 Å². The number of terminal acetylenes is 1. The molecule has 0 saturated carbocycles. The van der Waals surface area contributed by atoms with Crippen LogP contribution in [0.15, 0.2) is 89.9 Å². The summed E-state index contributed by atoms with van der Waals surface area (Å²) in [5.74, 6) is 0.769. The zero-order valence-electron chi connectivity index (χ0n) is 22.5. The van der Waals surface area contributed by atoms with Gasteiger partial charge in [-0.25, -0.2) is 0 Å². The smallest absolute Gasteiger partial charge is 0.150 e. The van der Waals surface area contributed by atoms with Crippen LogP contribution in [0.5, 0.6) is 5.75 Å². The molecule has 9 heteroatoms. The molecule has 0 spiro atoms. The Morgan fingerprint density at radius 2 is 1.52 bits per heavy atom. The summed E-state index contributed by atoms with van der Waals surface area (Å²) in [5, 5.41) is 14.8. The highest BCUT2D eigenvalue weighted by Gasteiger charge is 2.02. The average Bonchev–Trinajstić information content (AvgIpc) is 2.95. The zero-order valence-corrected chi connectivity index (χ0v) is 24.0. The van der Waals surface area contributed by atoms with E-state index in [1.165, 1.54) is 6.11 Å². The topological polar surface area (TPSA) is 109 Å². The number of halogens is 2. The molecular weight excluding hydrogens is 547 g/mol. The van der Waals surface area contributed by atoms with E-state index in [9.17, 15) is 4.79 Å². The van der Waals surface area contributed by atoms with E-state index < -0.39 is 0 Å². The van der Waals surface area contributed by atoms with Crippen molar-refractivity contribution in [2.75, 3.05) is 30.5 Å². The summed E-state index contributed by atoms with van der Waals surface area (Å²) in [6.07, 6.45) is 6.21. The molecule has 4 aromatic rings. The summed E-state index contributed by atoms with van der Waals surface area (Å²) in [6, 6.07) is 25.8. The monoisotopic (exact) mass is 578 g/mol. The highest BCUT2D eigenvalue weighted by molar-refractivity contribution is 6.34. The van der Waals surface area contributed by atoms with Gasteiger partial charge in [0.2, 0.25) is 0 Å². The lowest BCUT2D eigenvalue weighted by molar-refractivity contribution is 0.112. The molecule has 0 aliphatic heterocycles. The van der Waals surface area contributed by atoms with Gasteiger partial charge in [0.15, 0.2) is 0 Å². The lowest BCUT2D eigenvalue weighted by atomic mass is 10.2. The van der Waals surface area contributed by atoms with Crippen molar-refractivity contribution in [2.24, 2.45) is 4.99 Å². The van der Waals surface area contributed by atoms with Gasteiger partial charge in [-0.05, 0) is 104 Å². The minimum atomic E-state index is 0.667. The number of hydrogen-bond donors (Lipinski definition) is 4. The van der Waals surface area contributed by atoms with Crippen LogP contribution < -0.4 is 21.1 Å². The molecule has 40 heavy (non-hydrogen) atoms. The lowest BCUT2D eigenvalue weighted by Crippen LogP contribution is -1.93. The van der Waals surface area contributed by atoms with Gasteiger partial charge in [0.25, 0.3) is 0 Å². The van der Waals surface area contributed by atoms with Crippen molar-refractivity contribution in [1.82, 2.24) is 0 Å². The van der Waals surface area contributed by atoms with Crippen LogP contribution in [-0.2, 0) is 0 Å². The number of aliphatic hydroxyl groups is 1. The van der Waals surface area contributed by atoms with E-state index in [1.54, 1.807) is 37.4 Å². The number of carbonyl (C=O) groups is 1. The van der Waals surface area contributed by atoms with Crippen LogP contribution in [0.3, 0.4) is 0 Å². The number of nitrogen functional groups attached to an aromatic ring is 1. The maximum absolute atomic E-state index is 10.2. The van der Waals surface area contributed by atoms with Crippen LogP contribution in [0.4, 0.5) is 28.4 Å². The number of aryl methyl sites for hydroxylation is 1. The first-order valence-electron chi connectivity index (χ1n) is 11.7. The van der Waals surface area contributed by atoms with E-state index >= 15 is 0 Å². The Kier molecular flexibility index (Phi) is 15.5. The fourth-order valence-corrected chi connectivity index (χ4v) is 3.65. The number of aliphatic imine (C=N–C) groups is 1. The number of methoxy groups -OCH3 is 1. The number of hydrogen-bond acceptors (Lipinski definition) is 7. The second-order valence-electron chi connectivity index (χ2n) is 7.85. The Morgan fingerprint density at radius 1 is 0.975 bits per heavy atom. The van der Waals surface area contributed by atoms with Crippen molar-refractivity contribution in [3.8, 4) is 18.3 Å². The van der Waals surface area contributed by atoms with Gasteiger partial charge in [0.05, 0.1) is 18.5 Å². The summed E-state index contributed by atoms with van der Waals surface area (Å²) in [4.78, 5) is 14.2. The summed E-state index contributed by atoms with van der Waals surface area (Å²) in [7, 11) is 3.46. The molecule has 4 aromatic carbocycles. The lowest BCUT2D eigenvalue weighted by Gasteiger charge is -2.11. The predicted octanol–water partition coefficient (Wildman–Crippen LogP) is 8.15. The molecule has 0 radical (unpaired) electrons. The third kappa shape index (κ3) is 12.7. The molecule has 0 fully saturated rings. The van der Waals surface area contributed by atoms with Gasteiger partial charge in [0.1, 0.15) is 18.1 Å². The maximum atomic E-state index is 10.2. The highest BCUT2D eigenvalue weighted by atomic mass is 35.5. The number of nitrogens with two attached hydrogens (primary N) is 1. The van der Waals surface area contributed by atoms with Crippen LogP contribution in [0, 0.1) is 19.5 Å². The number of benzene rings is 4. The standard InChI is InChI=1S/C14H16N4.C8H8O2.C7H6Cl2.C2H2O/c1-16-12-7-8-13(14(9-12)17-2)18-11-5-3-10(15)4-6-11;1-10-8-4-2-7(6-9)3-5-8;1-5-2-6(8)4-7(9)3-5;1-2-3/h3-9,16,18H,2,15H2,1H3;2-6H,1H3;2-4H,1H3;1,3H. The SMILES string of the molecule is C#CO.C=Nc1cc(NC)ccc1Nc1ccc(N)cc1.COc1ccc(C=O)cc1.Cc1cc(Cl)cc(Cl)c1. The highest BCUT2D eigenvalue weighted by Crippen LogP contribution is 2.30. The van der Waals surface area contributed by atoms with Crippen molar-refractivity contribution in [1.29, 1.82) is 0 Å². The van der Waals surface area contributed by atoms with Gasteiger partial charge in [-0.15, -0.1) is 0 Å². The molecule has 208 valence electrons. The Hall–Kier alpha value is -4.64. The first-order chi connectivity index (χ1) is 19.2. The van der Waals surface area contributed by atoms with E-state index in [-0.39, 0.29) is 0 Å². The summed E-state index contributed by atoms with van der Waals surface area (Å²) in [6.45, 7) is 5.54. The number of nitrogens with zero attached hydrogens (tertiary/aromatic N) is 1. The number of nitrogens with one attached hydrogen (secondary N) is 2. The third-order valence-electron chi connectivity index (χ3n) is 4.91. The minimum Gasteiger partial charge on any atom is -0.497 e. The maximum Gasteiger partial charge on any atom is 0.150 e. The normalized spacial score (nSPS) is 9.00. The molecule has 0 atom stereocenters. The Bertz CT molecular complexity index is 1340. The molecule has 0 saturated heterocycles. The Morgan fingerprint density at radius 3 is 1.98 bits per heavy atom. The number of carbonyl (C=O) groups excluding carboxylic acids is 1. The molecule has 0 aliphatic carbocycles. The first kappa shape index (κ1) is 33.4. The number of rotatable bonds is 6. The second kappa shape index (κ2) is 18.6. The third-order valence-corrected chi connectivity index (χ3v) is 5.34. The number of anilines is 4. The number of ether oxygens (including phenoxy) is 1. The van der Waals surface area contributed by atoms with Gasteiger partial charge >= 0.3 is 0 Å². The van der Waals surface area contributed by atoms with Crippen LogP contribution in [0.25, 0.3) is 0 Å². The van der Waals surface area contributed by atoms with Crippen molar-refractivity contribution >= 4 is 64.6 Å². The van der Waals surface area contributed by atoms with Crippen LogP contribution >= 0.6 is 23.2 Å². The van der Waals surface area contributed by atoms with Crippen molar-refractivity contribution in [3.05, 3.63) is 106 Å². The van der Waals surface area contributed by atoms with Crippen LogP contribution in [0.1, 0.15) is 15.9 Å². The largest absolute Gasteiger partial charge is 0.497 e. The van der Waals surface area contributed by atoms with Gasteiger partial charge < -0.3 is 26.2 Å². The number of aldehydes is 1. The van der Waals surface area contributed by atoms with Crippen molar-refractivity contribution in [2.45, 2.75) is 6.92 Å². The van der Waals surface area contributed by atoms with Gasteiger partial charge in [-0.1, -0.05) is 29.6 Å². The number of aliphatic hydroxyl groups excluding tert-OH is 1. The summed E-state index contributed by atoms with van der Waals surface area (Å²) in [5.41, 5.74) is 11.8. The molecule has 5 N–H and O–H groups in total. The van der Waals surface area contributed by atoms with E-state index in [2.05, 4.69) is 28.8 Å². The van der Waals surface area contributed by atoms with Crippen molar-refractivity contribution in [3.63, 3.8) is 0 Å². The van der Waals surface area contributed by atoms with E-state index in [4.69, 9.17) is 38.8 Å². The molecule has 0 aromatic heterocycles. The van der Waals surface area contributed by atoms with Crippen LogP contribution in [-0.4, -0.2) is 32.3 Å². The molecule has 0 heterocycles. The Balaban J connectivity index is 0.000000308. The molecule has 0 amide bonds. The first-order valence-corrected chi connectivity index (χ1v) is 12.5. The Labute approximate surface area is 245 Å². The quantitative estimate of drug-likeness (QED) is 0.0795. The summed E-state index contributed by atoms with van der Waals surface area (Å²) < 4.78 is 4.90. The summed E-state index contributed by atoms with van der Waals surface area (Å²) >= 11 is 11.3. The van der Waals surface area contributed by atoms with Gasteiger partial charge in [0, 0.05) is 39.7 Å². The molecular formula is C31H32Cl2N4O3. The minimum absolute atomic E-state index is 0.667. The fraction of sp³-hybridized carbons (Fsp3) is 0.0968. The molecule has 7 nitrogen and oxygen atoms in total. The zero-order chi connectivity index (χ0) is 29.9. The average molecular weight is 580 g/mol. The predicted molar refractivity (Wildman–Crippen MR) is 170 cm³/mol. The molecule has 0 aliphatic rings. The van der Waals surface area contributed by atoms with E-state index in [0.717, 1.165) is 46.0 Å². The van der Waals surface area contributed by atoms with E-state index in [1.807, 2.05) is 68.6 Å². The molecule has 0 unspecified atom stereocenters. The van der Waals surface area contributed by atoms with Gasteiger partial charge in [-0.3, -0.25) is 9.79 Å². The molecule has 0 bridgehead atoms. The second-order valence-corrected chi connectivity index (χ2v) is 8.73. The van der Waals surface area contributed by atoms with Crippen molar-refractivity contribution < 1.29 is 14.6 Å². The van der Waals surface area contributed by atoms with E-state index in [0.29, 0.717) is 15.6 Å². The fourth-order valence-electron chi connectivity index (χ4n) is 3.02. The van der Waals surface area contributed by atoms with Gasteiger partial charge in [-0.2, -0.15) is 0 Å². The molecule has 4 rings (SSSR count).